The van der Waals surface area contributed by atoms with Gasteiger partial charge in [0.05, 0.1) is 6.10 Å². The Morgan fingerprint density at radius 2 is 1.88 bits per heavy atom. The lowest BCUT2D eigenvalue weighted by Gasteiger charge is -2.12. The number of aryl methyl sites for hydroxylation is 1. The van der Waals surface area contributed by atoms with Crippen LogP contribution in [-0.4, -0.2) is 21.7 Å². The summed E-state index contributed by atoms with van der Waals surface area (Å²) in [6, 6.07) is 13.8. The Bertz CT molecular complexity index is 901. The molecule has 2 aromatic carbocycles. The number of aliphatic hydroxyl groups is 1. The van der Waals surface area contributed by atoms with E-state index < -0.39 is 6.10 Å². The predicted molar refractivity (Wildman–Crippen MR) is 94.1 cm³/mol. The number of fused-ring (bicyclic) bond motifs is 1. The second-order valence-electron chi connectivity index (χ2n) is 5.95. The van der Waals surface area contributed by atoms with Crippen molar-refractivity contribution in [1.29, 1.82) is 0 Å². The molecule has 4 N–H and O–H groups in total. The first-order valence-corrected chi connectivity index (χ1v) is 7.83. The van der Waals surface area contributed by atoms with Crippen molar-refractivity contribution >= 4 is 10.9 Å². The number of benzene rings is 2. The third-order valence-electron chi connectivity index (χ3n) is 3.97. The van der Waals surface area contributed by atoms with Crippen LogP contribution in [0.5, 0.6) is 5.75 Å². The van der Waals surface area contributed by atoms with Gasteiger partial charge in [-0.1, -0.05) is 23.8 Å². The number of nitrogens with one attached hydrogen (secondary N) is 2. The summed E-state index contributed by atoms with van der Waals surface area (Å²) in [7, 11) is 0. The van der Waals surface area contributed by atoms with Crippen LogP contribution >= 0.6 is 0 Å². The van der Waals surface area contributed by atoms with Gasteiger partial charge in [0.1, 0.15) is 5.75 Å². The van der Waals surface area contributed by atoms with E-state index in [1.807, 2.05) is 25.1 Å². The number of aliphatic hydroxyl groups excluding tert-OH is 1. The van der Waals surface area contributed by atoms with Crippen molar-refractivity contribution in [3.8, 4) is 5.75 Å². The Morgan fingerprint density at radius 1 is 1.12 bits per heavy atom. The molecule has 0 spiro atoms. The monoisotopic (exact) mass is 324 g/mol. The molecule has 5 nitrogen and oxygen atoms in total. The summed E-state index contributed by atoms with van der Waals surface area (Å²) in [5, 5.41) is 23.2. The number of H-pyrrole nitrogens is 1. The second kappa shape index (κ2) is 6.86. The lowest BCUT2D eigenvalue weighted by molar-refractivity contribution is 0.174. The van der Waals surface area contributed by atoms with Crippen LogP contribution in [0.15, 0.2) is 53.3 Å². The Morgan fingerprint density at radius 3 is 2.62 bits per heavy atom. The highest BCUT2D eigenvalue weighted by atomic mass is 16.3. The fourth-order valence-electron chi connectivity index (χ4n) is 2.67. The molecule has 1 aromatic heterocycles. The molecule has 0 amide bonds. The normalized spacial score (nSPS) is 12.4. The van der Waals surface area contributed by atoms with Gasteiger partial charge in [-0.25, -0.2) is 0 Å². The van der Waals surface area contributed by atoms with E-state index in [0.29, 0.717) is 18.5 Å². The van der Waals surface area contributed by atoms with Crippen LogP contribution in [-0.2, 0) is 6.54 Å². The van der Waals surface area contributed by atoms with E-state index in [9.17, 15) is 15.0 Å². The van der Waals surface area contributed by atoms with Crippen LogP contribution in [0.4, 0.5) is 0 Å². The molecule has 0 saturated carbocycles. The molecule has 0 aliphatic carbocycles. The minimum Gasteiger partial charge on any atom is -0.508 e. The first-order valence-electron chi connectivity index (χ1n) is 7.83. The van der Waals surface area contributed by atoms with Gasteiger partial charge >= 0.3 is 0 Å². The number of rotatable bonds is 5. The van der Waals surface area contributed by atoms with E-state index in [1.165, 1.54) is 0 Å². The molecule has 1 heterocycles. The molecule has 0 radical (unpaired) electrons. The maximum atomic E-state index is 12.2. The highest BCUT2D eigenvalue weighted by molar-refractivity contribution is 5.79. The number of aromatic nitrogens is 1. The molecular weight excluding hydrogens is 304 g/mol. The fraction of sp³-hybridized carbons (Fsp3) is 0.211. The zero-order valence-corrected chi connectivity index (χ0v) is 13.4. The van der Waals surface area contributed by atoms with Gasteiger partial charge in [0, 0.05) is 35.8 Å². The van der Waals surface area contributed by atoms with Crippen molar-refractivity contribution in [2.45, 2.75) is 19.6 Å². The highest BCUT2D eigenvalue weighted by Crippen LogP contribution is 2.16. The van der Waals surface area contributed by atoms with Gasteiger partial charge in [0.25, 0.3) is 0 Å². The molecule has 0 aliphatic rings. The number of phenols is 1. The van der Waals surface area contributed by atoms with Crippen LogP contribution in [0.1, 0.15) is 22.9 Å². The third-order valence-corrected chi connectivity index (χ3v) is 3.97. The van der Waals surface area contributed by atoms with Gasteiger partial charge in [0.2, 0.25) is 0 Å². The Balaban J connectivity index is 1.66. The zero-order chi connectivity index (χ0) is 17.1. The number of aromatic amines is 1. The summed E-state index contributed by atoms with van der Waals surface area (Å²) in [6.45, 7) is 2.76. The van der Waals surface area contributed by atoms with Gasteiger partial charge in [-0.3, -0.25) is 4.79 Å². The van der Waals surface area contributed by atoms with E-state index in [-0.39, 0.29) is 11.2 Å². The Hall–Kier alpha value is -2.63. The molecule has 0 unspecified atom stereocenters. The molecule has 5 heteroatoms. The largest absolute Gasteiger partial charge is 0.508 e. The topological polar surface area (TPSA) is 85.3 Å². The van der Waals surface area contributed by atoms with Crippen LogP contribution in [0, 0.1) is 6.92 Å². The maximum absolute atomic E-state index is 12.2. The van der Waals surface area contributed by atoms with Crippen molar-refractivity contribution in [1.82, 2.24) is 10.3 Å². The molecule has 3 rings (SSSR count). The standard InChI is InChI=1S/C19H20N2O3/c1-12-2-7-17-16(8-12)18(23)9-14(21-17)10-20-11-19(24)13-3-5-15(22)6-4-13/h2-9,19-20,22,24H,10-11H2,1H3,(H,21,23)/t19-/m1/s1. The molecule has 124 valence electrons. The maximum Gasteiger partial charge on any atom is 0.189 e. The lowest BCUT2D eigenvalue weighted by atomic mass is 10.1. The van der Waals surface area contributed by atoms with Crippen LogP contribution in [0.3, 0.4) is 0 Å². The van der Waals surface area contributed by atoms with E-state index in [4.69, 9.17) is 0 Å². The lowest BCUT2D eigenvalue weighted by Crippen LogP contribution is -2.22. The quantitative estimate of drug-likeness (QED) is 0.580. The molecule has 0 fully saturated rings. The van der Waals surface area contributed by atoms with Crippen molar-refractivity contribution < 1.29 is 10.2 Å². The Kier molecular flexibility index (Phi) is 4.64. The molecule has 0 aliphatic heterocycles. The molecule has 3 aromatic rings. The van der Waals surface area contributed by atoms with Crippen LogP contribution in [0.25, 0.3) is 10.9 Å². The third kappa shape index (κ3) is 3.64. The molecule has 0 bridgehead atoms. The summed E-state index contributed by atoms with van der Waals surface area (Å²) >= 11 is 0. The molecular formula is C19H20N2O3. The fourth-order valence-corrected chi connectivity index (χ4v) is 2.67. The van der Waals surface area contributed by atoms with Gasteiger partial charge in [-0.05, 0) is 36.8 Å². The average Bonchev–Trinajstić information content (AvgIpc) is 2.56. The molecule has 1 atom stereocenters. The summed E-state index contributed by atoms with van der Waals surface area (Å²) in [4.78, 5) is 15.4. The zero-order valence-electron chi connectivity index (χ0n) is 13.4. The SMILES string of the molecule is Cc1ccc2[nH]c(CNC[C@@H](O)c3ccc(O)cc3)cc(=O)c2c1. The molecule has 24 heavy (non-hydrogen) atoms. The minimum atomic E-state index is -0.680. The van der Waals surface area contributed by atoms with E-state index >= 15 is 0 Å². The minimum absolute atomic E-state index is 0.0108. The first kappa shape index (κ1) is 16.2. The summed E-state index contributed by atoms with van der Waals surface area (Å²) < 4.78 is 0. The summed E-state index contributed by atoms with van der Waals surface area (Å²) in [5.74, 6) is 0.169. The van der Waals surface area contributed by atoms with Gasteiger partial charge in [-0.2, -0.15) is 0 Å². The predicted octanol–water partition coefficient (Wildman–Crippen LogP) is 2.37. The van der Waals surface area contributed by atoms with Gasteiger partial charge in [0.15, 0.2) is 5.43 Å². The van der Waals surface area contributed by atoms with Crippen LogP contribution < -0.4 is 10.7 Å². The van der Waals surface area contributed by atoms with E-state index in [1.54, 1.807) is 30.3 Å². The van der Waals surface area contributed by atoms with E-state index in [2.05, 4.69) is 10.3 Å². The Labute approximate surface area is 139 Å². The number of aromatic hydroxyl groups is 1. The van der Waals surface area contributed by atoms with Crippen molar-refractivity contribution in [2.75, 3.05) is 6.54 Å². The van der Waals surface area contributed by atoms with Gasteiger partial charge < -0.3 is 20.5 Å². The number of hydrogen-bond donors (Lipinski definition) is 4. The molecule has 0 saturated heterocycles. The smallest absolute Gasteiger partial charge is 0.189 e. The summed E-state index contributed by atoms with van der Waals surface area (Å²) in [5.41, 5.74) is 3.35. The first-order chi connectivity index (χ1) is 11.5. The summed E-state index contributed by atoms with van der Waals surface area (Å²) in [6.07, 6.45) is -0.680. The second-order valence-corrected chi connectivity index (χ2v) is 5.95. The van der Waals surface area contributed by atoms with Gasteiger partial charge in [-0.15, -0.1) is 0 Å². The number of phenolic OH excluding ortho intramolecular Hbond substituents is 1. The van der Waals surface area contributed by atoms with Crippen molar-refractivity contribution in [3.05, 3.63) is 75.6 Å². The van der Waals surface area contributed by atoms with Crippen LogP contribution in [0.2, 0.25) is 0 Å². The number of hydrogen-bond acceptors (Lipinski definition) is 4. The van der Waals surface area contributed by atoms with E-state index in [0.717, 1.165) is 22.3 Å². The van der Waals surface area contributed by atoms with Crippen molar-refractivity contribution in [2.24, 2.45) is 0 Å². The van der Waals surface area contributed by atoms with Crippen molar-refractivity contribution in [3.63, 3.8) is 0 Å². The highest BCUT2D eigenvalue weighted by Gasteiger charge is 2.08. The number of pyridine rings is 1. The average molecular weight is 324 g/mol.